The second-order valence-corrected chi connectivity index (χ2v) is 6.19. The van der Waals surface area contributed by atoms with Crippen LogP contribution >= 0.6 is 0 Å². The molecule has 2 rings (SSSR count). The van der Waals surface area contributed by atoms with Crippen molar-refractivity contribution in [1.29, 1.82) is 0 Å². The SMILES string of the molecule is CC(C)Oc1ccc(NC(=O)CCNCCN2CCOCC2)cc1. The highest BCUT2D eigenvalue weighted by Crippen LogP contribution is 2.16. The first-order valence-electron chi connectivity index (χ1n) is 8.71. The minimum absolute atomic E-state index is 0.0198. The summed E-state index contributed by atoms with van der Waals surface area (Å²) in [5, 5.41) is 6.22. The molecule has 2 N–H and O–H groups in total. The summed E-state index contributed by atoms with van der Waals surface area (Å²) in [5.41, 5.74) is 0.796. The van der Waals surface area contributed by atoms with Crippen LogP contribution in [0, 0.1) is 0 Å². The molecular formula is C18H29N3O3. The maximum absolute atomic E-state index is 11.9. The second kappa shape index (κ2) is 10.3. The molecule has 24 heavy (non-hydrogen) atoms. The molecule has 1 amide bonds. The molecule has 1 aliphatic heterocycles. The number of nitrogens with one attached hydrogen (secondary N) is 2. The van der Waals surface area contributed by atoms with Crippen LogP contribution in [0.5, 0.6) is 5.75 Å². The highest BCUT2D eigenvalue weighted by Gasteiger charge is 2.09. The highest BCUT2D eigenvalue weighted by atomic mass is 16.5. The van der Waals surface area contributed by atoms with Crippen LogP contribution in [-0.2, 0) is 9.53 Å². The van der Waals surface area contributed by atoms with Crippen molar-refractivity contribution < 1.29 is 14.3 Å². The molecule has 1 aromatic carbocycles. The van der Waals surface area contributed by atoms with Gasteiger partial charge in [-0.2, -0.15) is 0 Å². The van der Waals surface area contributed by atoms with Gasteiger partial charge in [0.2, 0.25) is 5.91 Å². The van der Waals surface area contributed by atoms with Crippen LogP contribution < -0.4 is 15.4 Å². The molecule has 1 fully saturated rings. The normalized spacial score (nSPS) is 15.5. The molecule has 0 aromatic heterocycles. The molecular weight excluding hydrogens is 306 g/mol. The van der Waals surface area contributed by atoms with Crippen LogP contribution in [0.4, 0.5) is 5.69 Å². The average molecular weight is 335 g/mol. The van der Waals surface area contributed by atoms with Gasteiger partial charge in [-0.05, 0) is 38.1 Å². The summed E-state index contributed by atoms with van der Waals surface area (Å²) in [6, 6.07) is 7.47. The zero-order chi connectivity index (χ0) is 17.2. The quantitative estimate of drug-likeness (QED) is 0.673. The molecule has 6 nitrogen and oxygen atoms in total. The first kappa shape index (κ1) is 18.7. The third kappa shape index (κ3) is 7.29. The Hall–Kier alpha value is -1.63. The summed E-state index contributed by atoms with van der Waals surface area (Å²) in [7, 11) is 0. The maximum Gasteiger partial charge on any atom is 0.225 e. The summed E-state index contributed by atoms with van der Waals surface area (Å²) in [6.45, 7) is 10.2. The Labute approximate surface area is 144 Å². The predicted molar refractivity (Wildman–Crippen MR) is 95.6 cm³/mol. The molecule has 0 bridgehead atoms. The van der Waals surface area contributed by atoms with Gasteiger partial charge in [0.25, 0.3) is 0 Å². The van der Waals surface area contributed by atoms with Crippen LogP contribution in [0.15, 0.2) is 24.3 Å². The predicted octanol–water partition coefficient (Wildman–Crippen LogP) is 1.72. The summed E-state index contributed by atoms with van der Waals surface area (Å²) < 4.78 is 10.9. The van der Waals surface area contributed by atoms with Gasteiger partial charge in [-0.25, -0.2) is 0 Å². The minimum Gasteiger partial charge on any atom is -0.491 e. The van der Waals surface area contributed by atoms with Gasteiger partial charge in [0.15, 0.2) is 0 Å². The first-order chi connectivity index (χ1) is 11.6. The van der Waals surface area contributed by atoms with Gasteiger partial charge in [-0.15, -0.1) is 0 Å². The molecule has 0 saturated carbocycles. The van der Waals surface area contributed by atoms with Crippen molar-refractivity contribution in [1.82, 2.24) is 10.2 Å². The molecule has 1 aromatic rings. The molecule has 0 radical (unpaired) electrons. The van der Waals surface area contributed by atoms with E-state index >= 15 is 0 Å². The Balaban J connectivity index is 1.57. The van der Waals surface area contributed by atoms with E-state index in [1.807, 2.05) is 38.1 Å². The molecule has 0 atom stereocenters. The Kier molecular flexibility index (Phi) is 8.01. The molecule has 1 saturated heterocycles. The van der Waals surface area contributed by atoms with E-state index < -0.39 is 0 Å². The standard InChI is InChI=1S/C18H29N3O3/c1-15(2)24-17-5-3-16(4-6-17)20-18(22)7-8-19-9-10-21-11-13-23-14-12-21/h3-6,15,19H,7-14H2,1-2H3,(H,20,22). The number of ether oxygens (including phenoxy) is 2. The van der Waals surface area contributed by atoms with E-state index in [0.29, 0.717) is 13.0 Å². The van der Waals surface area contributed by atoms with E-state index in [4.69, 9.17) is 9.47 Å². The highest BCUT2D eigenvalue weighted by molar-refractivity contribution is 5.90. The fourth-order valence-corrected chi connectivity index (χ4v) is 2.50. The lowest BCUT2D eigenvalue weighted by Gasteiger charge is -2.26. The van der Waals surface area contributed by atoms with Gasteiger partial charge in [-0.3, -0.25) is 9.69 Å². The molecule has 0 unspecified atom stereocenters. The number of rotatable bonds is 9. The van der Waals surface area contributed by atoms with Crippen molar-refractivity contribution in [2.24, 2.45) is 0 Å². The Bertz CT molecular complexity index is 485. The summed E-state index contributed by atoms with van der Waals surface area (Å²) in [5.74, 6) is 0.833. The minimum atomic E-state index is 0.0198. The van der Waals surface area contributed by atoms with Crippen molar-refractivity contribution in [3.63, 3.8) is 0 Å². The van der Waals surface area contributed by atoms with Crippen molar-refractivity contribution >= 4 is 11.6 Å². The van der Waals surface area contributed by atoms with Crippen LogP contribution in [0.2, 0.25) is 0 Å². The van der Waals surface area contributed by atoms with Gasteiger partial charge in [0.05, 0.1) is 19.3 Å². The lowest BCUT2D eigenvalue weighted by molar-refractivity contribution is -0.116. The van der Waals surface area contributed by atoms with Gasteiger partial charge in [-0.1, -0.05) is 0 Å². The van der Waals surface area contributed by atoms with Crippen molar-refractivity contribution in [2.75, 3.05) is 51.3 Å². The zero-order valence-electron chi connectivity index (χ0n) is 14.7. The number of hydrogen-bond donors (Lipinski definition) is 2. The topological polar surface area (TPSA) is 62.8 Å². The lowest BCUT2D eigenvalue weighted by Crippen LogP contribution is -2.40. The first-order valence-corrected chi connectivity index (χ1v) is 8.71. The van der Waals surface area contributed by atoms with Gasteiger partial charge >= 0.3 is 0 Å². The van der Waals surface area contributed by atoms with E-state index in [0.717, 1.165) is 50.8 Å². The number of nitrogens with zero attached hydrogens (tertiary/aromatic N) is 1. The molecule has 0 spiro atoms. The van der Waals surface area contributed by atoms with Crippen LogP contribution in [-0.4, -0.2) is 62.8 Å². The number of carbonyl (C=O) groups excluding carboxylic acids is 1. The number of morpholine rings is 1. The monoisotopic (exact) mass is 335 g/mol. The third-order valence-electron chi connectivity index (χ3n) is 3.75. The van der Waals surface area contributed by atoms with Crippen molar-refractivity contribution in [3.05, 3.63) is 24.3 Å². The smallest absolute Gasteiger partial charge is 0.225 e. The number of hydrogen-bond acceptors (Lipinski definition) is 5. The Morgan fingerprint density at radius 3 is 2.58 bits per heavy atom. The van der Waals surface area contributed by atoms with Gasteiger partial charge in [0.1, 0.15) is 5.75 Å². The van der Waals surface area contributed by atoms with E-state index in [1.165, 1.54) is 0 Å². The molecule has 1 heterocycles. The van der Waals surface area contributed by atoms with Crippen molar-refractivity contribution in [3.8, 4) is 5.75 Å². The van der Waals surface area contributed by atoms with Crippen molar-refractivity contribution in [2.45, 2.75) is 26.4 Å². The summed E-state index contributed by atoms with van der Waals surface area (Å²) in [6.07, 6.45) is 0.613. The molecule has 1 aliphatic rings. The number of anilines is 1. The molecule has 134 valence electrons. The van der Waals surface area contributed by atoms with E-state index in [9.17, 15) is 4.79 Å². The zero-order valence-corrected chi connectivity index (χ0v) is 14.7. The average Bonchev–Trinajstić information content (AvgIpc) is 2.57. The number of carbonyl (C=O) groups is 1. The fourth-order valence-electron chi connectivity index (χ4n) is 2.50. The maximum atomic E-state index is 11.9. The summed E-state index contributed by atoms with van der Waals surface area (Å²) in [4.78, 5) is 14.3. The molecule has 0 aliphatic carbocycles. The fraction of sp³-hybridized carbons (Fsp3) is 0.611. The Morgan fingerprint density at radius 1 is 1.21 bits per heavy atom. The van der Waals surface area contributed by atoms with Crippen LogP contribution in [0.3, 0.4) is 0 Å². The van der Waals surface area contributed by atoms with Gasteiger partial charge in [0, 0.05) is 44.8 Å². The number of benzene rings is 1. The van der Waals surface area contributed by atoms with Crippen LogP contribution in [0.1, 0.15) is 20.3 Å². The lowest BCUT2D eigenvalue weighted by atomic mass is 10.3. The van der Waals surface area contributed by atoms with E-state index in [2.05, 4.69) is 15.5 Å². The number of amides is 1. The third-order valence-corrected chi connectivity index (χ3v) is 3.75. The van der Waals surface area contributed by atoms with Crippen LogP contribution in [0.25, 0.3) is 0 Å². The molecule has 6 heteroatoms. The Morgan fingerprint density at radius 2 is 1.92 bits per heavy atom. The van der Waals surface area contributed by atoms with Gasteiger partial charge < -0.3 is 20.1 Å². The summed E-state index contributed by atoms with van der Waals surface area (Å²) >= 11 is 0. The van der Waals surface area contributed by atoms with E-state index in [-0.39, 0.29) is 12.0 Å². The van der Waals surface area contributed by atoms with E-state index in [1.54, 1.807) is 0 Å². The largest absolute Gasteiger partial charge is 0.491 e. The second-order valence-electron chi connectivity index (χ2n) is 6.19.